The minimum absolute atomic E-state index is 0.110. The number of hydrogen-bond donors (Lipinski definition) is 1. The number of halogens is 2. The predicted molar refractivity (Wildman–Crippen MR) is 64.7 cm³/mol. The van der Waals surface area contributed by atoms with E-state index in [9.17, 15) is 8.78 Å². The minimum Gasteiger partial charge on any atom is -0.434 e. The maximum atomic E-state index is 12.2. The average molecular weight is 255 g/mol. The SMILES string of the molecule is FC(F)Oc1ccccc1/C=C/C1COCCN1. The first-order chi connectivity index (χ1) is 8.75. The molecule has 1 heterocycles. The van der Waals surface area contributed by atoms with Crippen molar-refractivity contribution in [3.05, 3.63) is 35.9 Å². The van der Waals surface area contributed by atoms with Gasteiger partial charge < -0.3 is 14.8 Å². The third-order valence-corrected chi connectivity index (χ3v) is 2.59. The highest BCUT2D eigenvalue weighted by Crippen LogP contribution is 2.21. The average Bonchev–Trinajstić information content (AvgIpc) is 2.38. The van der Waals surface area contributed by atoms with Crippen molar-refractivity contribution >= 4 is 6.08 Å². The van der Waals surface area contributed by atoms with Crippen LogP contribution < -0.4 is 10.1 Å². The van der Waals surface area contributed by atoms with Gasteiger partial charge in [0.2, 0.25) is 0 Å². The van der Waals surface area contributed by atoms with Crippen molar-refractivity contribution in [3.63, 3.8) is 0 Å². The quantitative estimate of drug-likeness (QED) is 0.895. The Morgan fingerprint density at radius 3 is 2.94 bits per heavy atom. The van der Waals surface area contributed by atoms with Crippen molar-refractivity contribution in [2.24, 2.45) is 0 Å². The van der Waals surface area contributed by atoms with E-state index in [4.69, 9.17) is 4.74 Å². The zero-order valence-electron chi connectivity index (χ0n) is 9.81. The first kappa shape index (κ1) is 13.0. The molecule has 1 aliphatic heterocycles. The molecule has 0 saturated carbocycles. The second kappa shape index (κ2) is 6.47. The van der Waals surface area contributed by atoms with Crippen LogP contribution in [-0.2, 0) is 4.74 Å². The molecule has 0 aliphatic carbocycles. The number of ether oxygens (including phenoxy) is 2. The van der Waals surface area contributed by atoms with Crippen molar-refractivity contribution in [2.45, 2.75) is 12.7 Å². The van der Waals surface area contributed by atoms with Crippen LogP contribution in [0.1, 0.15) is 5.56 Å². The summed E-state index contributed by atoms with van der Waals surface area (Å²) in [5.74, 6) is 0.181. The fourth-order valence-electron chi connectivity index (χ4n) is 1.75. The summed E-state index contributed by atoms with van der Waals surface area (Å²) in [6.07, 6.45) is 3.66. The summed E-state index contributed by atoms with van der Waals surface area (Å²) in [7, 11) is 0. The molecule has 1 aromatic carbocycles. The molecule has 1 unspecified atom stereocenters. The maximum absolute atomic E-state index is 12.2. The molecule has 0 amide bonds. The second-order valence-corrected chi connectivity index (χ2v) is 3.91. The van der Waals surface area contributed by atoms with E-state index in [-0.39, 0.29) is 11.8 Å². The molecule has 0 radical (unpaired) electrons. The minimum atomic E-state index is -2.81. The first-order valence-electron chi connectivity index (χ1n) is 5.79. The van der Waals surface area contributed by atoms with Crippen molar-refractivity contribution < 1.29 is 18.3 Å². The predicted octanol–water partition coefficient (Wildman–Crippen LogP) is 2.29. The van der Waals surface area contributed by atoms with Crippen LogP contribution in [0, 0.1) is 0 Å². The largest absolute Gasteiger partial charge is 0.434 e. The van der Waals surface area contributed by atoms with E-state index in [0.29, 0.717) is 18.8 Å². The normalized spacial score (nSPS) is 20.5. The lowest BCUT2D eigenvalue weighted by atomic mass is 10.1. The van der Waals surface area contributed by atoms with Crippen LogP contribution in [0.2, 0.25) is 0 Å². The Labute approximate surface area is 104 Å². The standard InChI is InChI=1S/C13H15F2NO2/c14-13(15)18-12-4-2-1-3-10(12)5-6-11-9-17-8-7-16-11/h1-6,11,13,16H,7-9H2/b6-5+. The highest BCUT2D eigenvalue weighted by Gasteiger charge is 2.10. The molecule has 1 fully saturated rings. The Bertz CT molecular complexity index is 404. The molecule has 98 valence electrons. The zero-order chi connectivity index (χ0) is 12.8. The summed E-state index contributed by atoms with van der Waals surface area (Å²) in [5.41, 5.74) is 0.630. The van der Waals surface area contributed by atoms with Crippen LogP contribution >= 0.6 is 0 Å². The van der Waals surface area contributed by atoms with Crippen LogP contribution in [0.25, 0.3) is 6.08 Å². The van der Waals surface area contributed by atoms with E-state index in [1.807, 2.05) is 6.08 Å². The van der Waals surface area contributed by atoms with Crippen LogP contribution in [-0.4, -0.2) is 32.4 Å². The van der Waals surface area contributed by atoms with Crippen molar-refractivity contribution in [1.82, 2.24) is 5.32 Å². The Morgan fingerprint density at radius 2 is 2.22 bits per heavy atom. The second-order valence-electron chi connectivity index (χ2n) is 3.91. The fraction of sp³-hybridized carbons (Fsp3) is 0.385. The Balaban J connectivity index is 2.05. The molecular formula is C13H15F2NO2. The van der Waals surface area contributed by atoms with E-state index < -0.39 is 6.61 Å². The maximum Gasteiger partial charge on any atom is 0.387 e. The van der Waals surface area contributed by atoms with E-state index in [1.165, 1.54) is 6.07 Å². The van der Waals surface area contributed by atoms with Gasteiger partial charge >= 0.3 is 6.61 Å². The van der Waals surface area contributed by atoms with Gasteiger partial charge in [-0.3, -0.25) is 0 Å². The smallest absolute Gasteiger partial charge is 0.387 e. The van der Waals surface area contributed by atoms with Crippen LogP contribution in [0.15, 0.2) is 30.3 Å². The van der Waals surface area contributed by atoms with Gasteiger partial charge in [0.15, 0.2) is 0 Å². The third-order valence-electron chi connectivity index (χ3n) is 2.59. The molecule has 0 bridgehead atoms. The van der Waals surface area contributed by atoms with Gasteiger partial charge in [0.1, 0.15) is 5.75 Å². The zero-order valence-corrected chi connectivity index (χ0v) is 9.81. The fourth-order valence-corrected chi connectivity index (χ4v) is 1.75. The van der Waals surface area contributed by atoms with Gasteiger partial charge in [0.05, 0.1) is 13.2 Å². The Morgan fingerprint density at radius 1 is 1.39 bits per heavy atom. The monoisotopic (exact) mass is 255 g/mol. The summed E-state index contributed by atoms with van der Waals surface area (Å²) < 4.78 is 34.2. The molecule has 0 spiro atoms. The molecule has 1 aliphatic rings. The highest BCUT2D eigenvalue weighted by molar-refractivity contribution is 5.57. The van der Waals surface area contributed by atoms with Gasteiger partial charge in [-0.05, 0) is 6.07 Å². The lowest BCUT2D eigenvalue weighted by Crippen LogP contribution is -2.39. The molecule has 1 aromatic rings. The number of para-hydroxylation sites is 1. The summed E-state index contributed by atoms with van der Waals surface area (Å²) in [4.78, 5) is 0. The van der Waals surface area contributed by atoms with Crippen LogP contribution in [0.5, 0.6) is 5.75 Å². The number of morpholine rings is 1. The van der Waals surface area contributed by atoms with Crippen molar-refractivity contribution in [1.29, 1.82) is 0 Å². The van der Waals surface area contributed by atoms with E-state index in [1.54, 1.807) is 24.3 Å². The number of benzene rings is 1. The topological polar surface area (TPSA) is 30.5 Å². The molecule has 1 atom stereocenters. The summed E-state index contributed by atoms with van der Waals surface area (Å²) in [5, 5.41) is 3.25. The summed E-state index contributed by atoms with van der Waals surface area (Å²) >= 11 is 0. The van der Waals surface area contributed by atoms with E-state index >= 15 is 0 Å². The molecule has 3 nitrogen and oxygen atoms in total. The lowest BCUT2D eigenvalue weighted by Gasteiger charge is -2.20. The molecule has 0 aromatic heterocycles. The molecule has 1 saturated heterocycles. The highest BCUT2D eigenvalue weighted by atomic mass is 19.3. The Kier molecular flexibility index (Phi) is 4.66. The van der Waals surface area contributed by atoms with Gasteiger partial charge in [-0.15, -0.1) is 0 Å². The van der Waals surface area contributed by atoms with E-state index in [2.05, 4.69) is 10.1 Å². The van der Waals surface area contributed by atoms with Gasteiger partial charge in [0.25, 0.3) is 0 Å². The Hall–Kier alpha value is -1.46. The van der Waals surface area contributed by atoms with Crippen LogP contribution in [0.3, 0.4) is 0 Å². The molecular weight excluding hydrogens is 240 g/mol. The number of rotatable bonds is 4. The third kappa shape index (κ3) is 3.78. The van der Waals surface area contributed by atoms with Gasteiger partial charge in [-0.25, -0.2) is 0 Å². The number of alkyl halides is 2. The number of nitrogens with one attached hydrogen (secondary N) is 1. The molecule has 5 heteroatoms. The lowest BCUT2D eigenvalue weighted by molar-refractivity contribution is -0.0499. The van der Waals surface area contributed by atoms with Gasteiger partial charge in [0, 0.05) is 18.2 Å². The first-order valence-corrected chi connectivity index (χ1v) is 5.79. The van der Waals surface area contributed by atoms with Crippen molar-refractivity contribution in [2.75, 3.05) is 19.8 Å². The molecule has 18 heavy (non-hydrogen) atoms. The van der Waals surface area contributed by atoms with Crippen molar-refractivity contribution in [3.8, 4) is 5.75 Å². The molecule has 2 rings (SSSR count). The number of hydrogen-bond acceptors (Lipinski definition) is 3. The van der Waals surface area contributed by atoms with Gasteiger partial charge in [-0.2, -0.15) is 8.78 Å². The van der Waals surface area contributed by atoms with Crippen LogP contribution in [0.4, 0.5) is 8.78 Å². The van der Waals surface area contributed by atoms with E-state index in [0.717, 1.165) is 6.54 Å². The van der Waals surface area contributed by atoms with Gasteiger partial charge in [-0.1, -0.05) is 30.4 Å². The summed E-state index contributed by atoms with van der Waals surface area (Å²) in [6.45, 7) is -0.718. The molecule has 1 N–H and O–H groups in total. The summed E-state index contributed by atoms with van der Waals surface area (Å²) in [6, 6.07) is 6.81.